The van der Waals surface area contributed by atoms with E-state index >= 15 is 0 Å². The van der Waals surface area contributed by atoms with E-state index in [1.54, 1.807) is 18.2 Å². The SMILES string of the molecule is N#Cc1cc(NC(=O)c2ccc(Cl)c(S)c2)ccc1F. The molecule has 0 bridgehead atoms. The lowest BCUT2D eigenvalue weighted by Crippen LogP contribution is -2.12. The number of amides is 1. The average molecular weight is 307 g/mol. The lowest BCUT2D eigenvalue weighted by molar-refractivity contribution is 0.102. The molecule has 0 heterocycles. The van der Waals surface area contributed by atoms with E-state index < -0.39 is 11.7 Å². The number of nitriles is 1. The molecule has 2 aromatic rings. The third-order valence-corrected chi connectivity index (χ3v) is 3.38. The van der Waals surface area contributed by atoms with Gasteiger partial charge in [0.2, 0.25) is 0 Å². The molecule has 6 heteroatoms. The van der Waals surface area contributed by atoms with Crippen LogP contribution >= 0.6 is 24.2 Å². The van der Waals surface area contributed by atoms with Crippen molar-refractivity contribution in [2.24, 2.45) is 0 Å². The molecule has 1 amide bonds. The number of carbonyl (C=O) groups is 1. The Balaban J connectivity index is 2.23. The molecule has 1 N–H and O–H groups in total. The number of nitrogens with zero attached hydrogens (tertiary/aromatic N) is 1. The Morgan fingerprint density at radius 3 is 2.70 bits per heavy atom. The van der Waals surface area contributed by atoms with E-state index in [2.05, 4.69) is 17.9 Å². The fourth-order valence-electron chi connectivity index (χ4n) is 1.55. The average Bonchev–Trinajstić information content (AvgIpc) is 2.43. The molecule has 0 unspecified atom stereocenters. The highest BCUT2D eigenvalue weighted by Gasteiger charge is 2.09. The van der Waals surface area contributed by atoms with Crippen LogP contribution in [0.4, 0.5) is 10.1 Å². The Kier molecular flexibility index (Phi) is 4.28. The van der Waals surface area contributed by atoms with Crippen molar-refractivity contribution >= 4 is 35.8 Å². The van der Waals surface area contributed by atoms with Gasteiger partial charge in [-0.25, -0.2) is 4.39 Å². The minimum atomic E-state index is -0.630. The molecule has 100 valence electrons. The van der Waals surface area contributed by atoms with Gasteiger partial charge < -0.3 is 5.32 Å². The molecular weight excluding hydrogens is 299 g/mol. The summed E-state index contributed by atoms with van der Waals surface area (Å²) in [5.41, 5.74) is 0.569. The number of halogens is 2. The van der Waals surface area contributed by atoms with Gasteiger partial charge >= 0.3 is 0 Å². The van der Waals surface area contributed by atoms with Crippen molar-refractivity contribution in [1.29, 1.82) is 5.26 Å². The Hall–Kier alpha value is -2.03. The molecule has 0 aliphatic rings. The quantitative estimate of drug-likeness (QED) is 0.827. The molecule has 2 aromatic carbocycles. The van der Waals surface area contributed by atoms with Crippen LogP contribution in [-0.2, 0) is 0 Å². The number of hydrogen-bond acceptors (Lipinski definition) is 3. The highest BCUT2D eigenvalue weighted by molar-refractivity contribution is 7.80. The van der Waals surface area contributed by atoms with Gasteiger partial charge in [-0.05, 0) is 36.4 Å². The molecule has 0 saturated heterocycles. The van der Waals surface area contributed by atoms with Crippen molar-refractivity contribution in [3.8, 4) is 6.07 Å². The molecule has 20 heavy (non-hydrogen) atoms. The first-order valence-electron chi connectivity index (χ1n) is 5.51. The zero-order valence-corrected chi connectivity index (χ0v) is 11.7. The fourth-order valence-corrected chi connectivity index (χ4v) is 1.88. The lowest BCUT2D eigenvalue weighted by atomic mass is 10.1. The summed E-state index contributed by atoms with van der Waals surface area (Å²) >= 11 is 9.95. The minimum Gasteiger partial charge on any atom is -0.322 e. The van der Waals surface area contributed by atoms with Crippen LogP contribution in [0.3, 0.4) is 0 Å². The van der Waals surface area contributed by atoms with Crippen molar-refractivity contribution in [2.75, 3.05) is 5.32 Å². The van der Waals surface area contributed by atoms with Gasteiger partial charge in [0.05, 0.1) is 10.6 Å². The van der Waals surface area contributed by atoms with E-state index in [-0.39, 0.29) is 5.56 Å². The van der Waals surface area contributed by atoms with Gasteiger partial charge in [-0.2, -0.15) is 5.26 Å². The van der Waals surface area contributed by atoms with E-state index in [0.29, 0.717) is 21.2 Å². The van der Waals surface area contributed by atoms with E-state index in [4.69, 9.17) is 16.9 Å². The molecule has 0 aliphatic carbocycles. The number of hydrogen-bond donors (Lipinski definition) is 2. The zero-order chi connectivity index (χ0) is 14.7. The second kappa shape index (κ2) is 5.95. The standard InChI is InChI=1S/C14H8ClFN2OS/c15-11-3-1-8(6-13(11)20)14(19)18-10-2-4-12(16)9(5-10)7-17/h1-6,20H,(H,18,19). The first kappa shape index (κ1) is 14.4. The summed E-state index contributed by atoms with van der Waals surface area (Å²) in [5.74, 6) is -1.03. The first-order valence-corrected chi connectivity index (χ1v) is 6.33. The third kappa shape index (κ3) is 3.10. The van der Waals surface area contributed by atoms with Gasteiger partial charge in [0.15, 0.2) is 0 Å². The number of benzene rings is 2. The topological polar surface area (TPSA) is 52.9 Å². The third-order valence-electron chi connectivity index (χ3n) is 2.55. The van der Waals surface area contributed by atoms with Crippen LogP contribution < -0.4 is 5.32 Å². The van der Waals surface area contributed by atoms with Crippen molar-refractivity contribution < 1.29 is 9.18 Å². The van der Waals surface area contributed by atoms with Crippen molar-refractivity contribution in [2.45, 2.75) is 4.90 Å². The van der Waals surface area contributed by atoms with E-state index in [1.807, 2.05) is 0 Å². The van der Waals surface area contributed by atoms with Gasteiger partial charge in [-0.1, -0.05) is 11.6 Å². The second-order valence-corrected chi connectivity index (χ2v) is 4.82. The normalized spacial score (nSPS) is 9.90. The maximum atomic E-state index is 13.2. The monoisotopic (exact) mass is 306 g/mol. The van der Waals surface area contributed by atoms with Gasteiger partial charge in [0, 0.05) is 16.1 Å². The maximum absolute atomic E-state index is 13.2. The van der Waals surface area contributed by atoms with Gasteiger partial charge in [0.1, 0.15) is 11.9 Å². The van der Waals surface area contributed by atoms with E-state index in [1.165, 1.54) is 18.2 Å². The van der Waals surface area contributed by atoms with Crippen LogP contribution in [0.1, 0.15) is 15.9 Å². The van der Waals surface area contributed by atoms with Crippen LogP contribution in [0.25, 0.3) is 0 Å². The van der Waals surface area contributed by atoms with Crippen LogP contribution in [0.2, 0.25) is 5.02 Å². The molecule has 0 saturated carbocycles. The van der Waals surface area contributed by atoms with E-state index in [9.17, 15) is 9.18 Å². The highest BCUT2D eigenvalue weighted by Crippen LogP contribution is 2.22. The number of thiol groups is 1. The molecule has 0 aromatic heterocycles. The summed E-state index contributed by atoms with van der Waals surface area (Å²) < 4.78 is 13.2. The first-order chi connectivity index (χ1) is 9.51. The van der Waals surface area contributed by atoms with Gasteiger partial charge in [0.25, 0.3) is 5.91 Å². The smallest absolute Gasteiger partial charge is 0.255 e. The predicted octanol–water partition coefficient (Wildman–Crippen LogP) is 3.89. The largest absolute Gasteiger partial charge is 0.322 e. The minimum absolute atomic E-state index is 0.131. The molecule has 0 spiro atoms. The van der Waals surface area contributed by atoms with Crippen LogP contribution in [0.15, 0.2) is 41.3 Å². The molecular formula is C14H8ClFN2OS. The number of anilines is 1. The van der Waals surface area contributed by atoms with Crippen LogP contribution in [0.5, 0.6) is 0 Å². The Morgan fingerprint density at radius 2 is 2.05 bits per heavy atom. The summed E-state index contributed by atoms with van der Waals surface area (Å²) in [6.07, 6.45) is 0. The number of rotatable bonds is 2. The molecule has 3 nitrogen and oxygen atoms in total. The molecule has 2 rings (SSSR count). The summed E-state index contributed by atoms with van der Waals surface area (Å²) in [5, 5.41) is 11.7. The Morgan fingerprint density at radius 1 is 1.30 bits per heavy atom. The van der Waals surface area contributed by atoms with Crippen molar-refractivity contribution in [3.63, 3.8) is 0 Å². The maximum Gasteiger partial charge on any atom is 0.255 e. The van der Waals surface area contributed by atoms with Gasteiger partial charge in [-0.3, -0.25) is 4.79 Å². The van der Waals surface area contributed by atoms with E-state index in [0.717, 1.165) is 6.07 Å². The number of carbonyl (C=O) groups excluding carboxylic acids is 1. The van der Waals surface area contributed by atoms with Crippen molar-refractivity contribution in [1.82, 2.24) is 0 Å². The molecule has 0 radical (unpaired) electrons. The fraction of sp³-hybridized carbons (Fsp3) is 0. The predicted molar refractivity (Wildman–Crippen MR) is 77.8 cm³/mol. The number of nitrogens with one attached hydrogen (secondary N) is 1. The van der Waals surface area contributed by atoms with Crippen LogP contribution in [-0.4, -0.2) is 5.91 Å². The second-order valence-electron chi connectivity index (χ2n) is 3.93. The Bertz CT molecular complexity index is 728. The van der Waals surface area contributed by atoms with Crippen molar-refractivity contribution in [3.05, 3.63) is 58.4 Å². The molecule has 0 aliphatic heterocycles. The summed E-state index contributed by atoms with van der Waals surface area (Å²) in [7, 11) is 0. The summed E-state index contributed by atoms with van der Waals surface area (Å²) in [6.45, 7) is 0. The lowest BCUT2D eigenvalue weighted by Gasteiger charge is -2.07. The summed E-state index contributed by atoms with van der Waals surface area (Å²) in [4.78, 5) is 12.5. The molecule has 0 atom stereocenters. The Labute approximate surface area is 125 Å². The van der Waals surface area contributed by atoms with Gasteiger partial charge in [-0.15, -0.1) is 12.6 Å². The highest BCUT2D eigenvalue weighted by atomic mass is 35.5. The summed E-state index contributed by atoms with van der Waals surface area (Å²) in [6, 6.07) is 10.1. The zero-order valence-electron chi connectivity index (χ0n) is 10.0. The molecule has 0 fully saturated rings. The van der Waals surface area contributed by atoms with Crippen LogP contribution in [0, 0.1) is 17.1 Å².